The predicted octanol–water partition coefficient (Wildman–Crippen LogP) is 4.48. The third-order valence-electron chi connectivity index (χ3n) is 4.73. The van der Waals surface area contributed by atoms with Crippen molar-refractivity contribution in [3.63, 3.8) is 0 Å². The largest absolute Gasteiger partial charge is 0.597 e. The van der Waals surface area contributed by atoms with Gasteiger partial charge in [0, 0.05) is 35.1 Å². The van der Waals surface area contributed by atoms with Crippen LogP contribution < -0.4 is 4.74 Å². The van der Waals surface area contributed by atoms with E-state index in [1.165, 1.54) is 18.4 Å². The lowest BCUT2D eigenvalue weighted by atomic mass is 9.98. The molecule has 1 heterocycles. The van der Waals surface area contributed by atoms with Crippen LogP contribution in [-0.4, -0.2) is 32.2 Å². The van der Waals surface area contributed by atoms with Gasteiger partial charge in [-0.15, -0.1) is 4.31 Å². The minimum absolute atomic E-state index is 0.133. The van der Waals surface area contributed by atoms with E-state index in [9.17, 15) is 4.55 Å². The van der Waals surface area contributed by atoms with E-state index in [0.29, 0.717) is 11.8 Å². The maximum absolute atomic E-state index is 13.2. The monoisotopic (exact) mass is 360 g/mol. The van der Waals surface area contributed by atoms with E-state index in [1.54, 1.807) is 7.11 Å². The Hall–Kier alpha value is -1.30. The van der Waals surface area contributed by atoms with Gasteiger partial charge >= 0.3 is 0 Å². The van der Waals surface area contributed by atoms with Gasteiger partial charge in [0.2, 0.25) is 5.88 Å². The molecule has 0 aliphatic heterocycles. The first-order valence-corrected chi connectivity index (χ1v) is 10.1. The highest BCUT2D eigenvalue weighted by atomic mass is 32.2. The fourth-order valence-electron chi connectivity index (χ4n) is 3.41. The Morgan fingerprint density at radius 1 is 1.28 bits per heavy atom. The Morgan fingerprint density at radius 3 is 2.44 bits per heavy atom. The van der Waals surface area contributed by atoms with E-state index in [0.717, 1.165) is 17.3 Å². The number of pyridine rings is 1. The number of methoxy groups -OCH3 is 1. The Balaban J connectivity index is 2.12. The molecule has 0 radical (unpaired) electrons. The van der Waals surface area contributed by atoms with Crippen molar-refractivity contribution in [2.24, 2.45) is 5.92 Å². The minimum atomic E-state index is -1.06. The number of fused-ring (bicyclic) bond motifs is 1. The van der Waals surface area contributed by atoms with E-state index >= 15 is 0 Å². The zero-order valence-corrected chi connectivity index (χ0v) is 16.6. The molecule has 2 aromatic rings. The minimum Gasteiger partial charge on any atom is -0.597 e. The van der Waals surface area contributed by atoms with Crippen LogP contribution in [0.2, 0.25) is 0 Å². The molecule has 4 nitrogen and oxygen atoms in total. The molecule has 1 saturated carbocycles. The van der Waals surface area contributed by atoms with Crippen LogP contribution >= 0.6 is 0 Å². The number of benzene rings is 1. The van der Waals surface area contributed by atoms with E-state index in [-0.39, 0.29) is 10.8 Å². The Kier molecular flexibility index (Phi) is 5.28. The van der Waals surface area contributed by atoms with Gasteiger partial charge in [0.25, 0.3) is 0 Å². The summed E-state index contributed by atoms with van der Waals surface area (Å²) in [6, 6.07) is 8.36. The SMILES string of the molecule is CCN(C(c1cnc(OC)c2ccccc12)C1CC1)[S@@+]([O-])C(C)(C)C. The third-order valence-corrected chi connectivity index (χ3v) is 6.69. The summed E-state index contributed by atoms with van der Waals surface area (Å²) in [5.41, 5.74) is 1.17. The lowest BCUT2D eigenvalue weighted by molar-refractivity contribution is 0.299. The Morgan fingerprint density at radius 2 is 1.92 bits per heavy atom. The molecule has 0 N–H and O–H groups in total. The van der Waals surface area contributed by atoms with Crippen LogP contribution in [0.15, 0.2) is 30.5 Å². The topological polar surface area (TPSA) is 48.4 Å². The number of ether oxygens (including phenoxy) is 1. The van der Waals surface area contributed by atoms with Crippen molar-refractivity contribution < 1.29 is 9.29 Å². The highest BCUT2D eigenvalue weighted by molar-refractivity contribution is 7.90. The predicted molar refractivity (Wildman–Crippen MR) is 104 cm³/mol. The first-order chi connectivity index (χ1) is 11.9. The third kappa shape index (κ3) is 3.64. The summed E-state index contributed by atoms with van der Waals surface area (Å²) in [5, 5.41) is 2.17. The van der Waals surface area contributed by atoms with Gasteiger partial charge in [-0.25, -0.2) is 4.98 Å². The van der Waals surface area contributed by atoms with E-state index in [4.69, 9.17) is 4.74 Å². The molecule has 3 rings (SSSR count). The first-order valence-electron chi connectivity index (χ1n) is 8.98. The average molecular weight is 361 g/mol. The van der Waals surface area contributed by atoms with E-state index < -0.39 is 11.4 Å². The number of aromatic nitrogens is 1. The van der Waals surface area contributed by atoms with Gasteiger partial charge in [-0.05, 0) is 57.9 Å². The first kappa shape index (κ1) is 18.5. The maximum Gasteiger partial charge on any atom is 0.221 e. The zero-order chi connectivity index (χ0) is 18.2. The molecule has 2 atom stereocenters. The summed E-state index contributed by atoms with van der Waals surface area (Å²) in [5.74, 6) is 1.19. The summed E-state index contributed by atoms with van der Waals surface area (Å²) in [4.78, 5) is 4.55. The summed E-state index contributed by atoms with van der Waals surface area (Å²) in [6.45, 7) is 8.98. The molecule has 1 fully saturated rings. The molecular weight excluding hydrogens is 332 g/mol. The van der Waals surface area contributed by atoms with Gasteiger partial charge < -0.3 is 9.29 Å². The van der Waals surface area contributed by atoms with Gasteiger partial charge in [-0.3, -0.25) is 0 Å². The van der Waals surface area contributed by atoms with Crippen molar-refractivity contribution in [2.75, 3.05) is 13.7 Å². The molecule has 0 saturated heterocycles. The van der Waals surface area contributed by atoms with Crippen molar-refractivity contribution in [2.45, 2.75) is 51.3 Å². The molecule has 1 aromatic carbocycles. The molecule has 1 aliphatic rings. The molecule has 0 spiro atoms. The number of nitrogens with zero attached hydrogens (tertiary/aromatic N) is 2. The van der Waals surface area contributed by atoms with Gasteiger partial charge in [0.1, 0.15) is 4.75 Å². The molecule has 5 heteroatoms. The molecule has 25 heavy (non-hydrogen) atoms. The normalized spacial score (nSPS) is 17.7. The standard InChI is InChI=1S/C20H28N2O2S/c1-6-22(25(23)20(2,3)4)18(14-11-12-14)17-13-21-19(24-5)16-10-8-7-9-15(16)17/h7-10,13-14,18H,6,11-12H2,1-5H3/t18?,25-/m0/s1. The molecule has 1 aliphatic carbocycles. The van der Waals surface area contributed by atoms with E-state index in [2.05, 4.69) is 22.3 Å². The van der Waals surface area contributed by atoms with Crippen LogP contribution in [-0.2, 0) is 11.4 Å². The number of hydrogen-bond donors (Lipinski definition) is 0. The molecule has 0 amide bonds. The van der Waals surface area contributed by atoms with Crippen molar-refractivity contribution in [1.82, 2.24) is 9.29 Å². The quantitative estimate of drug-likeness (QED) is 0.713. The zero-order valence-electron chi connectivity index (χ0n) is 15.8. The second-order valence-corrected chi connectivity index (χ2v) is 9.84. The Labute approximate surface area is 153 Å². The second kappa shape index (κ2) is 7.14. The summed E-state index contributed by atoms with van der Waals surface area (Å²) in [6.07, 6.45) is 4.29. The van der Waals surface area contributed by atoms with Crippen LogP contribution in [0.1, 0.15) is 52.1 Å². The summed E-state index contributed by atoms with van der Waals surface area (Å²) >= 11 is -1.06. The highest BCUT2D eigenvalue weighted by Crippen LogP contribution is 2.48. The fourth-order valence-corrected chi connectivity index (χ4v) is 4.84. The van der Waals surface area contributed by atoms with Gasteiger partial charge in [-0.1, -0.05) is 18.2 Å². The van der Waals surface area contributed by atoms with Crippen LogP contribution in [0.3, 0.4) is 0 Å². The summed E-state index contributed by atoms with van der Waals surface area (Å²) < 4.78 is 20.5. The van der Waals surface area contributed by atoms with Crippen molar-refractivity contribution in [3.8, 4) is 5.88 Å². The van der Waals surface area contributed by atoms with Gasteiger partial charge in [0.05, 0.1) is 13.2 Å². The fraction of sp³-hybridized carbons (Fsp3) is 0.550. The van der Waals surface area contributed by atoms with Gasteiger partial charge in [0.15, 0.2) is 0 Å². The number of rotatable bonds is 6. The smallest absolute Gasteiger partial charge is 0.221 e. The lowest BCUT2D eigenvalue weighted by Crippen LogP contribution is -2.45. The van der Waals surface area contributed by atoms with E-state index in [1.807, 2.05) is 45.2 Å². The molecular formula is C20H28N2O2S. The molecule has 136 valence electrons. The average Bonchev–Trinajstić information content (AvgIpc) is 3.42. The number of hydrogen-bond acceptors (Lipinski definition) is 4. The highest BCUT2D eigenvalue weighted by Gasteiger charge is 2.45. The Bertz CT molecular complexity index is 740. The van der Waals surface area contributed by atoms with Crippen LogP contribution in [0.25, 0.3) is 10.8 Å². The second-order valence-electron chi connectivity index (χ2n) is 7.65. The van der Waals surface area contributed by atoms with Gasteiger partial charge in [-0.2, -0.15) is 0 Å². The van der Waals surface area contributed by atoms with Crippen molar-refractivity contribution in [3.05, 3.63) is 36.0 Å². The molecule has 1 unspecified atom stereocenters. The van der Waals surface area contributed by atoms with Crippen molar-refractivity contribution in [1.29, 1.82) is 0 Å². The maximum atomic E-state index is 13.2. The van der Waals surface area contributed by atoms with Crippen LogP contribution in [0.5, 0.6) is 5.88 Å². The lowest BCUT2D eigenvalue weighted by Gasteiger charge is -2.37. The molecule has 1 aromatic heterocycles. The van der Waals surface area contributed by atoms with Crippen LogP contribution in [0, 0.1) is 5.92 Å². The summed E-state index contributed by atoms with van der Waals surface area (Å²) in [7, 11) is 1.65. The van der Waals surface area contributed by atoms with Crippen LogP contribution in [0.4, 0.5) is 0 Å². The molecule has 0 bridgehead atoms. The van der Waals surface area contributed by atoms with Crippen molar-refractivity contribution >= 4 is 22.1 Å².